The largest absolute Gasteiger partial charge is 0.378 e. The van der Waals surface area contributed by atoms with E-state index in [4.69, 9.17) is 9.84 Å². The second-order valence-electron chi connectivity index (χ2n) is 7.98. The first-order chi connectivity index (χ1) is 13.5. The van der Waals surface area contributed by atoms with E-state index in [1.807, 2.05) is 15.7 Å². The van der Waals surface area contributed by atoms with Gasteiger partial charge in [-0.25, -0.2) is 0 Å². The number of hydrogen-bond donors (Lipinski definition) is 0. The molecular weight excluding hydrogens is 354 g/mol. The fraction of sp³-hybridized carbons (Fsp3) is 0.714. The fourth-order valence-corrected chi connectivity index (χ4v) is 4.27. The van der Waals surface area contributed by atoms with Gasteiger partial charge in [-0.1, -0.05) is 13.0 Å². The summed E-state index contributed by atoms with van der Waals surface area (Å²) in [6.07, 6.45) is 4.84. The first-order valence-corrected chi connectivity index (χ1v) is 10.5. The molecule has 0 N–H and O–H groups in total. The molecule has 1 aliphatic heterocycles. The average Bonchev–Trinajstić information content (AvgIpc) is 3.06. The average molecular weight is 390 g/mol. The maximum absolute atomic E-state index is 13.2. The third-order valence-corrected chi connectivity index (χ3v) is 5.88. The summed E-state index contributed by atoms with van der Waals surface area (Å²) in [5.74, 6) is 0.0550. The third kappa shape index (κ3) is 4.64. The zero-order valence-electron chi connectivity index (χ0n) is 17.7. The van der Waals surface area contributed by atoms with Gasteiger partial charge in [0.25, 0.3) is 5.91 Å². The number of aromatic nitrogens is 2. The van der Waals surface area contributed by atoms with E-state index in [9.17, 15) is 4.79 Å². The minimum absolute atomic E-state index is 0.0550. The molecule has 7 heteroatoms. The van der Waals surface area contributed by atoms with Crippen molar-refractivity contribution in [3.8, 4) is 0 Å². The van der Waals surface area contributed by atoms with E-state index < -0.39 is 0 Å². The van der Waals surface area contributed by atoms with Crippen molar-refractivity contribution in [3.63, 3.8) is 0 Å². The van der Waals surface area contributed by atoms with Gasteiger partial charge in [-0.05, 0) is 39.9 Å². The molecule has 1 fully saturated rings. The maximum Gasteiger partial charge on any atom is 0.274 e. The molecule has 0 radical (unpaired) electrons. The van der Waals surface area contributed by atoms with Gasteiger partial charge >= 0.3 is 0 Å². The number of carbonyl (C=O) groups is 1. The number of carbonyl (C=O) groups excluding carboxylic acids is 1. The molecule has 0 unspecified atom stereocenters. The highest BCUT2D eigenvalue weighted by molar-refractivity contribution is 5.94. The Morgan fingerprint density at radius 1 is 1.32 bits per heavy atom. The third-order valence-electron chi connectivity index (χ3n) is 5.88. The van der Waals surface area contributed by atoms with Crippen LogP contribution in [0.3, 0.4) is 0 Å². The van der Waals surface area contributed by atoms with E-state index >= 15 is 0 Å². The van der Waals surface area contributed by atoms with E-state index in [0.717, 1.165) is 44.5 Å². The first kappa shape index (κ1) is 21.0. The summed E-state index contributed by atoms with van der Waals surface area (Å²) in [6, 6.07) is 0.468. The summed E-state index contributed by atoms with van der Waals surface area (Å²) in [5, 5.41) is 4.74. The van der Waals surface area contributed by atoms with Crippen molar-refractivity contribution < 1.29 is 9.53 Å². The van der Waals surface area contributed by atoms with E-state index in [-0.39, 0.29) is 5.91 Å². The van der Waals surface area contributed by atoms with Crippen LogP contribution < -0.4 is 0 Å². The number of likely N-dealkylation sites (N-methyl/N-ethyl adjacent to an activating group) is 2. The molecule has 156 valence electrons. The van der Waals surface area contributed by atoms with Crippen molar-refractivity contribution in [3.05, 3.63) is 29.6 Å². The van der Waals surface area contributed by atoms with Gasteiger partial charge in [-0.2, -0.15) is 5.10 Å². The Bertz CT molecular complexity index is 679. The lowest BCUT2D eigenvalue weighted by molar-refractivity contribution is 0.0297. The second kappa shape index (κ2) is 9.67. The highest BCUT2D eigenvalue weighted by atomic mass is 16.5. The van der Waals surface area contributed by atoms with Crippen LogP contribution >= 0.6 is 0 Å². The number of hydrogen-bond acceptors (Lipinski definition) is 5. The van der Waals surface area contributed by atoms with Crippen LogP contribution in [-0.4, -0.2) is 96.5 Å². The van der Waals surface area contributed by atoms with E-state index in [0.29, 0.717) is 44.6 Å². The summed E-state index contributed by atoms with van der Waals surface area (Å²) in [4.78, 5) is 19.9. The predicted octanol–water partition coefficient (Wildman–Crippen LogP) is 1.28. The smallest absolute Gasteiger partial charge is 0.274 e. The fourth-order valence-electron chi connectivity index (χ4n) is 4.27. The molecule has 0 bridgehead atoms. The lowest BCUT2D eigenvalue weighted by atomic mass is 9.90. The number of nitrogens with zero attached hydrogens (tertiary/aromatic N) is 5. The van der Waals surface area contributed by atoms with Gasteiger partial charge in [0, 0.05) is 43.5 Å². The van der Waals surface area contributed by atoms with Crippen LogP contribution in [0.25, 0.3) is 0 Å². The number of morpholine rings is 1. The van der Waals surface area contributed by atoms with Crippen molar-refractivity contribution >= 4 is 5.91 Å². The highest BCUT2D eigenvalue weighted by Crippen LogP contribution is 2.28. The van der Waals surface area contributed by atoms with Gasteiger partial charge in [-0.3, -0.25) is 14.4 Å². The van der Waals surface area contributed by atoms with E-state index in [2.05, 4.69) is 37.4 Å². The van der Waals surface area contributed by atoms with Crippen LogP contribution in [-0.2, 0) is 24.1 Å². The molecule has 7 nitrogen and oxygen atoms in total. The summed E-state index contributed by atoms with van der Waals surface area (Å²) < 4.78 is 7.40. The predicted molar refractivity (Wildman–Crippen MR) is 111 cm³/mol. The van der Waals surface area contributed by atoms with Gasteiger partial charge in [0.1, 0.15) is 0 Å². The van der Waals surface area contributed by atoms with Crippen LogP contribution in [0.15, 0.2) is 12.7 Å². The number of rotatable bonds is 8. The molecule has 1 amide bonds. The monoisotopic (exact) mass is 389 g/mol. The molecule has 1 saturated heterocycles. The first-order valence-electron chi connectivity index (χ1n) is 10.5. The Balaban J connectivity index is 1.83. The van der Waals surface area contributed by atoms with Crippen LogP contribution in [0.2, 0.25) is 0 Å². The quantitative estimate of drug-likeness (QED) is 0.627. The molecule has 1 aromatic heterocycles. The summed E-state index contributed by atoms with van der Waals surface area (Å²) >= 11 is 0. The number of fused-ring (bicyclic) bond motifs is 1. The summed E-state index contributed by atoms with van der Waals surface area (Å²) in [5.41, 5.74) is 3.02. The number of ether oxygens (including phenoxy) is 1. The standard InChI is InChI=1S/C21H35N5O2/c1-5-9-26-19-8-7-17(24(6-2)11-10-23(3)4)16-18(19)20(22-26)21(27)25-12-14-28-15-13-25/h5,17H,1,6-16H2,2-4H3/t17-/m0/s1. The molecule has 0 spiro atoms. The molecule has 1 aliphatic carbocycles. The maximum atomic E-state index is 13.2. The van der Waals surface area contributed by atoms with Gasteiger partial charge in [0.2, 0.25) is 0 Å². The summed E-state index contributed by atoms with van der Waals surface area (Å²) in [7, 11) is 4.23. The Labute approximate surface area is 168 Å². The van der Waals surface area contributed by atoms with Crippen LogP contribution in [0.5, 0.6) is 0 Å². The van der Waals surface area contributed by atoms with E-state index in [1.54, 1.807) is 0 Å². The molecule has 0 saturated carbocycles. The Morgan fingerprint density at radius 2 is 2.07 bits per heavy atom. The minimum atomic E-state index is 0.0550. The molecule has 0 aromatic carbocycles. The second-order valence-corrected chi connectivity index (χ2v) is 7.98. The van der Waals surface area contributed by atoms with Gasteiger partial charge in [0.05, 0.1) is 19.8 Å². The molecular formula is C21H35N5O2. The van der Waals surface area contributed by atoms with Gasteiger partial charge < -0.3 is 14.5 Å². The SMILES string of the molecule is C=CCn1nc(C(=O)N2CCOCC2)c2c1CC[C@H](N(CC)CCN(C)C)C2. The molecule has 1 aromatic rings. The van der Waals surface area contributed by atoms with Crippen molar-refractivity contribution in [1.29, 1.82) is 0 Å². The Hall–Kier alpha value is -1.70. The summed E-state index contributed by atoms with van der Waals surface area (Å²) in [6.45, 7) is 12.4. The highest BCUT2D eigenvalue weighted by Gasteiger charge is 2.33. The zero-order valence-corrected chi connectivity index (χ0v) is 17.7. The number of allylic oxidation sites excluding steroid dienone is 1. The van der Waals surface area contributed by atoms with Crippen molar-refractivity contribution in [2.75, 3.05) is 60.0 Å². The van der Waals surface area contributed by atoms with Crippen molar-refractivity contribution in [2.24, 2.45) is 0 Å². The van der Waals surface area contributed by atoms with Crippen LogP contribution in [0.1, 0.15) is 35.1 Å². The normalized spacial score (nSPS) is 19.9. The molecule has 2 heterocycles. The lowest BCUT2D eigenvalue weighted by Gasteiger charge is -2.34. The van der Waals surface area contributed by atoms with Crippen molar-refractivity contribution in [2.45, 2.75) is 38.8 Å². The van der Waals surface area contributed by atoms with Gasteiger partial charge in [0.15, 0.2) is 5.69 Å². The topological polar surface area (TPSA) is 53.8 Å². The van der Waals surface area contributed by atoms with Gasteiger partial charge in [-0.15, -0.1) is 6.58 Å². The molecule has 2 aliphatic rings. The van der Waals surface area contributed by atoms with Crippen LogP contribution in [0, 0.1) is 0 Å². The zero-order chi connectivity index (χ0) is 20.1. The van der Waals surface area contributed by atoms with Crippen LogP contribution in [0.4, 0.5) is 0 Å². The molecule has 1 atom stereocenters. The molecule has 3 rings (SSSR count). The van der Waals surface area contributed by atoms with Crippen molar-refractivity contribution in [1.82, 2.24) is 24.5 Å². The minimum Gasteiger partial charge on any atom is -0.378 e. The van der Waals surface area contributed by atoms with E-state index in [1.165, 1.54) is 5.69 Å². The number of amides is 1. The molecule has 28 heavy (non-hydrogen) atoms. The Kier molecular flexibility index (Phi) is 7.26. The lowest BCUT2D eigenvalue weighted by Crippen LogP contribution is -2.44. The Morgan fingerprint density at radius 3 is 2.71 bits per heavy atom.